The number of rotatable bonds is 4. The summed E-state index contributed by atoms with van der Waals surface area (Å²) < 4.78 is 5.00. The fourth-order valence-corrected chi connectivity index (χ4v) is 15.4. The summed E-state index contributed by atoms with van der Waals surface area (Å²) in [5, 5.41) is 0. The maximum absolute atomic E-state index is 2.66. The molecule has 1 atom stereocenters. The molecule has 0 saturated heterocycles. The van der Waals surface area contributed by atoms with Crippen LogP contribution in [0.1, 0.15) is 49.9 Å². The normalized spacial score (nSPS) is 15.2. The first-order chi connectivity index (χ1) is 17.6. The van der Waals surface area contributed by atoms with Gasteiger partial charge in [0.15, 0.2) is 0 Å². The number of hydrogen-bond acceptors (Lipinski definition) is 0. The molecule has 1 unspecified atom stereocenters. The van der Waals surface area contributed by atoms with Crippen LogP contribution in [-0.4, -0.2) is 3.21 Å². The molecule has 0 bridgehead atoms. The SMILES string of the molecule is CC1=C(C)C(C)[C]([Zr+2](=[C](c2ccccc2)c2ccccc2)[c]2cccc3c2Cc2ccccc2-3)=C1C.[Cl-].[Cl-]. The van der Waals surface area contributed by atoms with Gasteiger partial charge in [0.1, 0.15) is 0 Å². The topological polar surface area (TPSA) is 0 Å². The van der Waals surface area contributed by atoms with Crippen LogP contribution in [0.15, 0.2) is 123 Å². The number of hydrogen-bond donors (Lipinski definition) is 0. The van der Waals surface area contributed by atoms with Gasteiger partial charge in [-0.3, -0.25) is 0 Å². The average molecular weight is 615 g/mol. The number of halogens is 2. The number of fused-ring (bicyclic) bond motifs is 3. The molecule has 190 valence electrons. The summed E-state index contributed by atoms with van der Waals surface area (Å²) in [5.41, 5.74) is 13.3. The van der Waals surface area contributed by atoms with Gasteiger partial charge in [-0.05, 0) is 0 Å². The van der Waals surface area contributed by atoms with E-state index < -0.39 is 21.3 Å². The summed E-state index contributed by atoms with van der Waals surface area (Å²) in [4.78, 5) is 0. The first kappa shape index (κ1) is 28.7. The zero-order valence-corrected chi connectivity index (χ0v) is 26.3. The second-order valence-electron chi connectivity index (χ2n) is 10.2. The predicted octanol–water partition coefficient (Wildman–Crippen LogP) is 2.04. The summed E-state index contributed by atoms with van der Waals surface area (Å²) in [6.45, 7) is 9.54. The Morgan fingerprint density at radius 1 is 0.632 bits per heavy atom. The first-order valence-corrected chi connectivity index (χ1v) is 16.7. The van der Waals surface area contributed by atoms with Gasteiger partial charge in [-0.25, -0.2) is 0 Å². The molecule has 6 rings (SSSR count). The second kappa shape index (κ2) is 11.8. The minimum Gasteiger partial charge on any atom is -1.00 e. The molecule has 2 aliphatic rings. The van der Waals surface area contributed by atoms with Crippen LogP contribution in [-0.2, 0) is 27.7 Å². The van der Waals surface area contributed by atoms with E-state index in [0.717, 1.165) is 6.42 Å². The second-order valence-corrected chi connectivity index (χ2v) is 15.9. The van der Waals surface area contributed by atoms with Gasteiger partial charge in [0.2, 0.25) is 0 Å². The van der Waals surface area contributed by atoms with Gasteiger partial charge >= 0.3 is 224 Å². The average Bonchev–Trinajstić information content (AvgIpc) is 3.39. The minimum absolute atomic E-state index is 0. The van der Waals surface area contributed by atoms with Crippen molar-refractivity contribution in [2.24, 2.45) is 5.92 Å². The van der Waals surface area contributed by atoms with Crippen LogP contribution >= 0.6 is 0 Å². The molecule has 0 aromatic heterocycles. The molecule has 0 spiro atoms. The third kappa shape index (κ3) is 4.79. The predicted molar refractivity (Wildman–Crippen MR) is 151 cm³/mol. The van der Waals surface area contributed by atoms with Gasteiger partial charge in [0.25, 0.3) is 0 Å². The quantitative estimate of drug-likeness (QED) is 0.291. The van der Waals surface area contributed by atoms with E-state index in [4.69, 9.17) is 0 Å². The van der Waals surface area contributed by atoms with Crippen LogP contribution in [0.2, 0.25) is 0 Å². The molecule has 38 heavy (non-hydrogen) atoms. The van der Waals surface area contributed by atoms with Gasteiger partial charge in [-0.1, -0.05) is 0 Å². The zero-order chi connectivity index (χ0) is 24.8. The maximum Gasteiger partial charge on any atom is -1.00 e. The van der Waals surface area contributed by atoms with Crippen LogP contribution in [0.5, 0.6) is 0 Å². The molecule has 4 aromatic rings. The molecule has 3 heteroatoms. The van der Waals surface area contributed by atoms with E-state index in [1.54, 1.807) is 26.5 Å². The Balaban J connectivity index is 0.00000168. The Bertz CT molecular complexity index is 1540. The molecule has 0 saturated carbocycles. The molecule has 2 aliphatic carbocycles. The van der Waals surface area contributed by atoms with Crippen molar-refractivity contribution in [3.63, 3.8) is 0 Å². The summed E-state index contributed by atoms with van der Waals surface area (Å²) in [6.07, 6.45) is 1.05. The summed E-state index contributed by atoms with van der Waals surface area (Å²) >= 11 is -2.66. The summed E-state index contributed by atoms with van der Waals surface area (Å²) in [5.74, 6) is 0.501. The summed E-state index contributed by atoms with van der Waals surface area (Å²) in [7, 11) is 0. The number of benzene rings is 4. The molecule has 0 amide bonds. The molecule has 0 aliphatic heterocycles. The van der Waals surface area contributed by atoms with Gasteiger partial charge in [0.05, 0.1) is 0 Å². The van der Waals surface area contributed by atoms with Crippen molar-refractivity contribution < 1.29 is 46.1 Å². The summed E-state index contributed by atoms with van der Waals surface area (Å²) in [6, 6.07) is 38.6. The molecular weight excluding hydrogens is 583 g/mol. The zero-order valence-electron chi connectivity index (χ0n) is 22.4. The van der Waals surface area contributed by atoms with E-state index in [-0.39, 0.29) is 24.8 Å². The molecule has 0 fully saturated rings. The van der Waals surface area contributed by atoms with E-state index in [1.807, 2.05) is 0 Å². The standard InChI is InChI=1S/C13H9.C13H10.C9H13.2ClH.Zr/c1-3-7-12-10(5-1)9-11-6-2-4-8-13(11)12;1-3-7-12(8-4-1)11-13-9-5-2-6-10-13;1-6-5-7(2)9(4)8(6)3;;;/h1-5,7-8H,9H2;1-10H;6H,1-4H3;2*1H;/q;;;;;+2/p-2. The van der Waals surface area contributed by atoms with E-state index in [2.05, 4.69) is 131 Å². The van der Waals surface area contributed by atoms with Crippen molar-refractivity contribution >= 4 is 6.48 Å². The molecule has 0 heterocycles. The van der Waals surface area contributed by atoms with Crippen molar-refractivity contribution in [3.05, 3.63) is 145 Å². The van der Waals surface area contributed by atoms with Gasteiger partial charge in [-0.15, -0.1) is 0 Å². The van der Waals surface area contributed by atoms with Gasteiger partial charge in [0, 0.05) is 0 Å². The first-order valence-electron chi connectivity index (χ1n) is 13.0. The Morgan fingerprint density at radius 2 is 1.18 bits per heavy atom. The fourth-order valence-electron chi connectivity index (χ4n) is 6.24. The van der Waals surface area contributed by atoms with Crippen molar-refractivity contribution in [2.45, 2.75) is 34.1 Å². The van der Waals surface area contributed by atoms with Crippen LogP contribution in [0, 0.1) is 5.92 Å². The molecule has 4 aromatic carbocycles. The van der Waals surface area contributed by atoms with Crippen molar-refractivity contribution in [1.82, 2.24) is 0 Å². The van der Waals surface area contributed by atoms with E-state index in [1.165, 1.54) is 33.4 Å². The third-order valence-corrected chi connectivity index (χ3v) is 16.8. The molecule has 0 N–H and O–H groups in total. The molecular formula is C35H32Cl2Zr. The fraction of sp³-hybridized carbons (Fsp3) is 0.171. The third-order valence-electron chi connectivity index (χ3n) is 8.40. The van der Waals surface area contributed by atoms with Crippen LogP contribution in [0.3, 0.4) is 0 Å². The monoisotopic (exact) mass is 612 g/mol. The van der Waals surface area contributed by atoms with Crippen LogP contribution in [0.4, 0.5) is 0 Å². The van der Waals surface area contributed by atoms with Crippen LogP contribution in [0.25, 0.3) is 11.1 Å². The van der Waals surface area contributed by atoms with Crippen molar-refractivity contribution in [1.29, 1.82) is 0 Å². The number of allylic oxidation sites excluding steroid dienone is 4. The van der Waals surface area contributed by atoms with Gasteiger partial charge in [-0.2, -0.15) is 0 Å². The Morgan fingerprint density at radius 3 is 1.76 bits per heavy atom. The van der Waals surface area contributed by atoms with E-state index in [9.17, 15) is 0 Å². The Hall–Kier alpha value is -2.31. The molecule has 0 nitrogen and oxygen atoms in total. The van der Waals surface area contributed by atoms with E-state index in [0.29, 0.717) is 5.92 Å². The van der Waals surface area contributed by atoms with E-state index >= 15 is 0 Å². The Kier molecular flexibility index (Phi) is 8.94. The smallest absolute Gasteiger partial charge is 1.00 e. The van der Waals surface area contributed by atoms with Crippen LogP contribution < -0.4 is 28.1 Å². The Labute approximate surface area is 247 Å². The van der Waals surface area contributed by atoms with Gasteiger partial charge < -0.3 is 24.8 Å². The molecule has 0 radical (unpaired) electrons. The van der Waals surface area contributed by atoms with Crippen molar-refractivity contribution in [3.8, 4) is 11.1 Å². The maximum atomic E-state index is 2.49. The minimum atomic E-state index is -2.66. The van der Waals surface area contributed by atoms with Crippen molar-refractivity contribution in [2.75, 3.05) is 0 Å². The largest absolute Gasteiger partial charge is 1.00 e.